The summed E-state index contributed by atoms with van der Waals surface area (Å²) in [5.74, 6) is -0.940. The summed E-state index contributed by atoms with van der Waals surface area (Å²) in [6, 6.07) is 7.72. The number of carbonyl (C=O) groups is 1. The van der Waals surface area contributed by atoms with E-state index < -0.39 is 5.97 Å². The molecule has 0 aliphatic carbocycles. The van der Waals surface area contributed by atoms with E-state index in [4.69, 9.17) is 5.11 Å². The fraction of sp³-hybridized carbons (Fsp3) is 0.333. The first-order valence-corrected chi connectivity index (χ1v) is 6.70. The first-order valence-electron chi connectivity index (χ1n) is 6.70. The molecule has 1 saturated heterocycles. The molecule has 0 unspecified atom stereocenters. The van der Waals surface area contributed by atoms with Gasteiger partial charge >= 0.3 is 5.97 Å². The predicted octanol–water partition coefficient (Wildman–Crippen LogP) is 1.68. The molecule has 0 amide bonds. The zero-order valence-corrected chi connectivity index (χ0v) is 11.4. The number of carboxylic acids is 1. The van der Waals surface area contributed by atoms with Crippen LogP contribution in [0.2, 0.25) is 0 Å². The van der Waals surface area contributed by atoms with E-state index >= 15 is 0 Å². The van der Waals surface area contributed by atoms with E-state index in [2.05, 4.69) is 27.9 Å². The zero-order chi connectivity index (χ0) is 14.1. The molecule has 1 aromatic carbocycles. The van der Waals surface area contributed by atoms with Crippen LogP contribution in [0.25, 0.3) is 10.9 Å². The lowest BCUT2D eigenvalue weighted by atomic mass is 10.1. The molecule has 104 valence electrons. The third-order valence-corrected chi connectivity index (χ3v) is 3.78. The molecule has 2 aromatic rings. The number of hydrogen-bond donors (Lipinski definition) is 1. The summed E-state index contributed by atoms with van der Waals surface area (Å²) in [6.07, 6.45) is 1.40. The van der Waals surface area contributed by atoms with Crippen LogP contribution in [0, 0.1) is 0 Å². The lowest BCUT2D eigenvalue weighted by Gasteiger charge is -2.34. The fourth-order valence-electron chi connectivity index (χ4n) is 2.50. The Morgan fingerprint density at radius 2 is 1.95 bits per heavy atom. The number of hydrogen-bond acceptors (Lipinski definition) is 4. The second kappa shape index (κ2) is 5.09. The van der Waals surface area contributed by atoms with Crippen LogP contribution in [-0.4, -0.2) is 54.2 Å². The fourth-order valence-corrected chi connectivity index (χ4v) is 2.50. The average Bonchev–Trinajstić information content (AvgIpc) is 2.47. The monoisotopic (exact) mass is 271 g/mol. The number of fused-ring (bicyclic) bond motifs is 1. The third-order valence-electron chi connectivity index (χ3n) is 3.78. The highest BCUT2D eigenvalue weighted by Crippen LogP contribution is 2.22. The van der Waals surface area contributed by atoms with E-state index in [1.807, 2.05) is 12.1 Å². The molecule has 1 aliphatic rings. The van der Waals surface area contributed by atoms with Crippen molar-refractivity contribution in [3.63, 3.8) is 0 Å². The van der Waals surface area contributed by atoms with Crippen molar-refractivity contribution in [1.82, 2.24) is 9.88 Å². The molecule has 5 nitrogen and oxygen atoms in total. The summed E-state index contributed by atoms with van der Waals surface area (Å²) in [6.45, 7) is 4.08. The van der Waals surface area contributed by atoms with Crippen molar-refractivity contribution in [1.29, 1.82) is 0 Å². The number of nitrogens with zero attached hydrogens (tertiary/aromatic N) is 3. The van der Waals surface area contributed by atoms with Crippen LogP contribution in [0.4, 0.5) is 5.69 Å². The van der Waals surface area contributed by atoms with Gasteiger partial charge in [-0.05, 0) is 31.3 Å². The number of anilines is 1. The number of aromatic carboxylic acids is 1. The number of pyridine rings is 1. The summed E-state index contributed by atoms with van der Waals surface area (Å²) in [4.78, 5) is 19.8. The molecule has 5 heteroatoms. The van der Waals surface area contributed by atoms with Gasteiger partial charge in [-0.25, -0.2) is 4.79 Å². The minimum atomic E-state index is -0.940. The van der Waals surface area contributed by atoms with Crippen LogP contribution in [-0.2, 0) is 0 Å². The van der Waals surface area contributed by atoms with Gasteiger partial charge in [-0.2, -0.15) is 0 Å². The van der Waals surface area contributed by atoms with Crippen LogP contribution in [0.5, 0.6) is 0 Å². The summed E-state index contributed by atoms with van der Waals surface area (Å²) < 4.78 is 0. The van der Waals surface area contributed by atoms with Gasteiger partial charge in [0.25, 0.3) is 0 Å². The maximum absolute atomic E-state index is 11.0. The van der Waals surface area contributed by atoms with Gasteiger partial charge in [0.1, 0.15) is 0 Å². The summed E-state index contributed by atoms with van der Waals surface area (Å²) in [5.41, 5.74) is 2.19. The highest BCUT2D eigenvalue weighted by molar-refractivity contribution is 5.93. The summed E-state index contributed by atoms with van der Waals surface area (Å²) >= 11 is 0. The lowest BCUT2D eigenvalue weighted by molar-refractivity contribution is 0.0696. The highest BCUT2D eigenvalue weighted by atomic mass is 16.4. The van der Waals surface area contributed by atoms with Gasteiger partial charge in [0.2, 0.25) is 0 Å². The Labute approximate surface area is 117 Å². The van der Waals surface area contributed by atoms with Crippen molar-refractivity contribution < 1.29 is 9.90 Å². The minimum Gasteiger partial charge on any atom is -0.478 e. The Morgan fingerprint density at radius 3 is 2.65 bits per heavy atom. The molecule has 0 saturated carbocycles. The average molecular weight is 271 g/mol. The SMILES string of the molecule is CN1CCN(c2ccc3ncc(C(=O)O)cc3c2)CC1. The predicted molar refractivity (Wildman–Crippen MR) is 78.4 cm³/mol. The smallest absolute Gasteiger partial charge is 0.337 e. The number of likely N-dealkylation sites (N-methyl/N-ethyl adjacent to an activating group) is 1. The third kappa shape index (κ3) is 2.44. The largest absolute Gasteiger partial charge is 0.478 e. The van der Waals surface area contributed by atoms with Gasteiger partial charge < -0.3 is 14.9 Å². The molecule has 0 bridgehead atoms. The number of carboxylic acid groups (broad SMARTS) is 1. The van der Waals surface area contributed by atoms with Crippen molar-refractivity contribution in [2.75, 3.05) is 38.1 Å². The highest BCUT2D eigenvalue weighted by Gasteiger charge is 2.14. The molecule has 1 fully saturated rings. The van der Waals surface area contributed by atoms with Gasteiger partial charge in [0.05, 0.1) is 11.1 Å². The molecule has 0 spiro atoms. The Morgan fingerprint density at radius 1 is 1.20 bits per heavy atom. The number of benzene rings is 1. The van der Waals surface area contributed by atoms with Gasteiger partial charge in [-0.15, -0.1) is 0 Å². The first-order chi connectivity index (χ1) is 9.63. The minimum absolute atomic E-state index is 0.230. The number of rotatable bonds is 2. The number of aromatic nitrogens is 1. The molecule has 1 aromatic heterocycles. The van der Waals surface area contributed by atoms with Gasteiger partial charge in [-0.1, -0.05) is 0 Å². The molecule has 0 atom stereocenters. The normalized spacial score (nSPS) is 16.6. The quantitative estimate of drug-likeness (QED) is 0.900. The molecule has 2 heterocycles. The van der Waals surface area contributed by atoms with Crippen molar-refractivity contribution in [3.05, 3.63) is 36.0 Å². The van der Waals surface area contributed by atoms with Crippen molar-refractivity contribution >= 4 is 22.6 Å². The Balaban J connectivity index is 1.94. The Hall–Kier alpha value is -2.14. The molecule has 1 N–H and O–H groups in total. The van der Waals surface area contributed by atoms with Crippen molar-refractivity contribution in [2.45, 2.75) is 0 Å². The second-order valence-corrected chi connectivity index (χ2v) is 5.20. The number of piperazine rings is 1. The van der Waals surface area contributed by atoms with Gasteiger partial charge in [0.15, 0.2) is 0 Å². The van der Waals surface area contributed by atoms with E-state index in [1.54, 1.807) is 6.07 Å². The second-order valence-electron chi connectivity index (χ2n) is 5.20. The van der Waals surface area contributed by atoms with E-state index in [-0.39, 0.29) is 5.56 Å². The molecule has 3 rings (SSSR count). The van der Waals surface area contributed by atoms with Crippen LogP contribution < -0.4 is 4.90 Å². The standard InChI is InChI=1S/C15H17N3O2/c1-17-4-6-18(7-5-17)13-2-3-14-11(9-13)8-12(10-16-14)15(19)20/h2-3,8-10H,4-7H2,1H3,(H,19,20). The maximum Gasteiger partial charge on any atom is 0.337 e. The topological polar surface area (TPSA) is 56.7 Å². The van der Waals surface area contributed by atoms with Crippen LogP contribution in [0.1, 0.15) is 10.4 Å². The molecular weight excluding hydrogens is 254 g/mol. The molecular formula is C15H17N3O2. The van der Waals surface area contributed by atoms with E-state index in [9.17, 15) is 4.79 Å². The molecule has 1 aliphatic heterocycles. The van der Waals surface area contributed by atoms with Crippen LogP contribution in [0.3, 0.4) is 0 Å². The zero-order valence-electron chi connectivity index (χ0n) is 11.4. The van der Waals surface area contributed by atoms with E-state index in [0.29, 0.717) is 0 Å². The first kappa shape index (κ1) is 12.9. The maximum atomic E-state index is 11.0. The molecule has 0 radical (unpaired) electrons. The lowest BCUT2D eigenvalue weighted by Crippen LogP contribution is -2.44. The van der Waals surface area contributed by atoms with Crippen LogP contribution >= 0.6 is 0 Å². The van der Waals surface area contributed by atoms with Gasteiger partial charge in [-0.3, -0.25) is 4.98 Å². The summed E-state index contributed by atoms with van der Waals surface area (Å²) in [5, 5.41) is 9.91. The van der Waals surface area contributed by atoms with E-state index in [0.717, 1.165) is 42.8 Å². The van der Waals surface area contributed by atoms with Crippen molar-refractivity contribution in [2.24, 2.45) is 0 Å². The summed E-state index contributed by atoms with van der Waals surface area (Å²) in [7, 11) is 2.13. The Bertz CT molecular complexity index is 649. The molecule has 20 heavy (non-hydrogen) atoms. The van der Waals surface area contributed by atoms with E-state index in [1.165, 1.54) is 6.20 Å². The Kier molecular flexibility index (Phi) is 3.28. The van der Waals surface area contributed by atoms with Crippen molar-refractivity contribution in [3.8, 4) is 0 Å². The van der Waals surface area contributed by atoms with Crippen LogP contribution in [0.15, 0.2) is 30.5 Å². The van der Waals surface area contributed by atoms with Gasteiger partial charge in [0, 0.05) is 43.4 Å².